The molecule has 5 nitrogen and oxygen atoms in total. The van der Waals surface area contributed by atoms with Crippen LogP contribution in [0, 0.1) is 11.8 Å². The second-order valence-electron chi connectivity index (χ2n) is 5.79. The van der Waals surface area contributed by atoms with E-state index in [1.807, 2.05) is 0 Å². The van der Waals surface area contributed by atoms with Crippen molar-refractivity contribution < 1.29 is 9.59 Å². The van der Waals surface area contributed by atoms with Crippen molar-refractivity contribution in [2.75, 3.05) is 11.9 Å². The second-order valence-corrected chi connectivity index (χ2v) is 6.20. The van der Waals surface area contributed by atoms with Crippen LogP contribution in [0.4, 0.5) is 5.69 Å². The molecule has 1 aromatic rings. The zero-order valence-electron chi connectivity index (χ0n) is 11.6. The molecule has 21 heavy (non-hydrogen) atoms. The molecule has 2 amide bonds. The molecule has 6 heteroatoms. The van der Waals surface area contributed by atoms with Crippen LogP contribution < -0.4 is 16.4 Å². The molecule has 1 aromatic carbocycles. The Morgan fingerprint density at radius 1 is 1.33 bits per heavy atom. The van der Waals surface area contributed by atoms with Gasteiger partial charge in [0, 0.05) is 5.69 Å². The second kappa shape index (κ2) is 5.66. The summed E-state index contributed by atoms with van der Waals surface area (Å²) in [4.78, 5) is 23.5. The van der Waals surface area contributed by atoms with E-state index >= 15 is 0 Å². The summed E-state index contributed by atoms with van der Waals surface area (Å²) in [6.45, 7) is 0.921. The van der Waals surface area contributed by atoms with Gasteiger partial charge in [-0.25, -0.2) is 0 Å². The molecule has 112 valence electrons. The minimum absolute atomic E-state index is 0.0349. The van der Waals surface area contributed by atoms with Gasteiger partial charge in [0.05, 0.1) is 16.6 Å². The smallest absolute Gasteiger partial charge is 0.250 e. The molecule has 3 atom stereocenters. The topological polar surface area (TPSA) is 84.2 Å². The van der Waals surface area contributed by atoms with Crippen LogP contribution in [0.3, 0.4) is 0 Å². The fourth-order valence-electron chi connectivity index (χ4n) is 3.49. The minimum Gasteiger partial charge on any atom is -0.366 e. The zero-order chi connectivity index (χ0) is 15.0. The third kappa shape index (κ3) is 2.76. The van der Waals surface area contributed by atoms with Crippen LogP contribution in [-0.4, -0.2) is 24.4 Å². The van der Waals surface area contributed by atoms with Gasteiger partial charge in [-0.05, 0) is 49.4 Å². The predicted molar refractivity (Wildman–Crippen MR) is 81.2 cm³/mol. The quantitative estimate of drug-likeness (QED) is 0.795. The van der Waals surface area contributed by atoms with Crippen molar-refractivity contribution in [2.24, 2.45) is 17.6 Å². The number of halogens is 1. The zero-order valence-corrected chi connectivity index (χ0v) is 12.3. The maximum Gasteiger partial charge on any atom is 0.250 e. The number of hydrogen-bond acceptors (Lipinski definition) is 3. The van der Waals surface area contributed by atoms with Gasteiger partial charge in [-0.3, -0.25) is 9.59 Å². The van der Waals surface area contributed by atoms with Crippen LogP contribution >= 0.6 is 11.6 Å². The van der Waals surface area contributed by atoms with Gasteiger partial charge in [0.25, 0.3) is 0 Å². The standard InChI is InChI=1S/C15H18ClN3O2/c16-12-6-9(4-5-11(12)14(17)20)19-15(21)13-10-3-1-2-8(10)7-18-13/h4-6,8,10,13,18H,1-3,7H2,(H2,17,20)(H,19,21). The summed E-state index contributed by atoms with van der Waals surface area (Å²) in [6, 6.07) is 4.60. The van der Waals surface area contributed by atoms with E-state index in [-0.39, 0.29) is 22.5 Å². The summed E-state index contributed by atoms with van der Waals surface area (Å²) >= 11 is 5.99. The Kier molecular flexibility index (Phi) is 3.87. The Hall–Kier alpha value is -1.59. The van der Waals surface area contributed by atoms with Gasteiger partial charge in [0.15, 0.2) is 0 Å². The maximum absolute atomic E-state index is 12.4. The highest BCUT2D eigenvalue weighted by Crippen LogP contribution is 2.38. The van der Waals surface area contributed by atoms with E-state index in [4.69, 9.17) is 17.3 Å². The van der Waals surface area contributed by atoms with Crippen LogP contribution in [0.5, 0.6) is 0 Å². The number of carbonyl (C=O) groups is 2. The molecule has 0 spiro atoms. The van der Waals surface area contributed by atoms with Gasteiger partial charge in [0.1, 0.15) is 0 Å². The van der Waals surface area contributed by atoms with Gasteiger partial charge in [-0.2, -0.15) is 0 Å². The van der Waals surface area contributed by atoms with Gasteiger partial charge >= 0.3 is 0 Å². The van der Waals surface area contributed by atoms with Crippen molar-refractivity contribution in [3.63, 3.8) is 0 Å². The lowest BCUT2D eigenvalue weighted by atomic mass is 9.93. The third-order valence-electron chi connectivity index (χ3n) is 4.53. The van der Waals surface area contributed by atoms with E-state index in [2.05, 4.69) is 10.6 Å². The number of fused-ring (bicyclic) bond motifs is 1. The molecule has 1 aliphatic heterocycles. The molecule has 4 N–H and O–H groups in total. The number of anilines is 1. The van der Waals surface area contributed by atoms with Gasteiger partial charge in [-0.1, -0.05) is 18.0 Å². The van der Waals surface area contributed by atoms with Gasteiger partial charge in [0.2, 0.25) is 11.8 Å². The molecule has 3 unspecified atom stereocenters. The predicted octanol–water partition coefficient (Wildman–Crippen LogP) is 1.77. The van der Waals surface area contributed by atoms with Crippen molar-refractivity contribution in [2.45, 2.75) is 25.3 Å². The monoisotopic (exact) mass is 307 g/mol. The molecule has 0 radical (unpaired) electrons. The lowest BCUT2D eigenvalue weighted by Gasteiger charge is -2.18. The highest BCUT2D eigenvalue weighted by Gasteiger charge is 2.42. The Morgan fingerprint density at radius 2 is 2.14 bits per heavy atom. The van der Waals surface area contributed by atoms with Gasteiger partial charge < -0.3 is 16.4 Å². The molecule has 2 aliphatic rings. The average Bonchev–Trinajstić information content (AvgIpc) is 3.00. The first kappa shape index (κ1) is 14.4. The van der Waals surface area contributed by atoms with E-state index < -0.39 is 5.91 Å². The van der Waals surface area contributed by atoms with E-state index in [1.165, 1.54) is 18.9 Å². The number of amides is 2. The summed E-state index contributed by atoms with van der Waals surface area (Å²) in [5.41, 5.74) is 6.04. The van der Waals surface area contributed by atoms with Crippen molar-refractivity contribution in [3.05, 3.63) is 28.8 Å². The molecule has 1 heterocycles. The maximum atomic E-state index is 12.4. The molecule has 0 aromatic heterocycles. The van der Waals surface area contributed by atoms with Crippen LogP contribution in [0.15, 0.2) is 18.2 Å². The summed E-state index contributed by atoms with van der Waals surface area (Å²) < 4.78 is 0. The first-order valence-corrected chi connectivity index (χ1v) is 7.57. The Labute approximate surface area is 128 Å². The number of nitrogens with one attached hydrogen (secondary N) is 2. The SMILES string of the molecule is NC(=O)c1ccc(NC(=O)C2NCC3CCCC32)cc1Cl. The Morgan fingerprint density at radius 3 is 2.86 bits per heavy atom. The van der Waals surface area contributed by atoms with E-state index in [1.54, 1.807) is 12.1 Å². The summed E-state index contributed by atoms with van der Waals surface area (Å²) in [5, 5.41) is 6.42. The fraction of sp³-hybridized carbons (Fsp3) is 0.467. The fourth-order valence-corrected chi connectivity index (χ4v) is 3.76. The van der Waals surface area contributed by atoms with Crippen LogP contribution in [-0.2, 0) is 4.79 Å². The molecule has 1 aliphatic carbocycles. The average molecular weight is 308 g/mol. The normalized spacial score (nSPS) is 27.4. The molecule has 2 fully saturated rings. The number of hydrogen-bond donors (Lipinski definition) is 3. The molecule has 3 rings (SSSR count). The number of rotatable bonds is 3. The summed E-state index contributed by atoms with van der Waals surface area (Å²) in [7, 11) is 0. The van der Waals surface area contributed by atoms with Crippen molar-refractivity contribution in [1.29, 1.82) is 0 Å². The molecule has 0 bridgehead atoms. The molecule has 1 saturated carbocycles. The lowest BCUT2D eigenvalue weighted by molar-refractivity contribution is -0.118. The number of benzene rings is 1. The number of nitrogens with two attached hydrogens (primary N) is 1. The largest absolute Gasteiger partial charge is 0.366 e. The van der Waals surface area contributed by atoms with Crippen molar-refractivity contribution in [3.8, 4) is 0 Å². The Bertz CT molecular complexity index is 590. The summed E-state index contributed by atoms with van der Waals surface area (Å²) in [6.07, 6.45) is 3.53. The number of primary amides is 1. The molecular formula is C15H18ClN3O2. The van der Waals surface area contributed by atoms with Crippen molar-refractivity contribution >= 4 is 29.1 Å². The van der Waals surface area contributed by atoms with Crippen LogP contribution in [0.25, 0.3) is 0 Å². The van der Waals surface area contributed by atoms with E-state index in [9.17, 15) is 9.59 Å². The minimum atomic E-state index is -0.580. The van der Waals surface area contributed by atoms with E-state index in [0.29, 0.717) is 17.5 Å². The highest BCUT2D eigenvalue weighted by atomic mass is 35.5. The van der Waals surface area contributed by atoms with Crippen molar-refractivity contribution in [1.82, 2.24) is 5.32 Å². The van der Waals surface area contributed by atoms with Crippen LogP contribution in [0.1, 0.15) is 29.6 Å². The van der Waals surface area contributed by atoms with Crippen LogP contribution in [0.2, 0.25) is 5.02 Å². The van der Waals surface area contributed by atoms with Gasteiger partial charge in [-0.15, -0.1) is 0 Å². The first-order chi connectivity index (χ1) is 10.1. The number of carbonyl (C=O) groups excluding carboxylic acids is 2. The Balaban J connectivity index is 1.70. The highest BCUT2D eigenvalue weighted by molar-refractivity contribution is 6.34. The summed E-state index contributed by atoms with van der Waals surface area (Å²) in [5.74, 6) is 0.448. The molecular weight excluding hydrogens is 290 g/mol. The first-order valence-electron chi connectivity index (χ1n) is 7.20. The lowest BCUT2D eigenvalue weighted by Crippen LogP contribution is -2.39. The van der Waals surface area contributed by atoms with E-state index in [0.717, 1.165) is 13.0 Å². The third-order valence-corrected chi connectivity index (χ3v) is 4.84. The molecule has 1 saturated heterocycles.